The van der Waals surface area contributed by atoms with Gasteiger partial charge in [0.25, 0.3) is 0 Å². The molecule has 2 saturated heterocycles. The van der Waals surface area contributed by atoms with E-state index in [1.165, 1.54) is 0 Å². The summed E-state index contributed by atoms with van der Waals surface area (Å²) in [5, 5.41) is 0. The Morgan fingerprint density at radius 3 is 1.80 bits per heavy atom. The Morgan fingerprint density at radius 1 is 0.714 bits per heavy atom. The van der Waals surface area contributed by atoms with Crippen molar-refractivity contribution in [3.63, 3.8) is 0 Å². The number of carbonyl (C=O) groups is 2. The second-order valence-electron chi connectivity index (χ2n) is 8.53. The molecule has 4 unspecified atom stereocenters. The van der Waals surface area contributed by atoms with Gasteiger partial charge in [-0.05, 0) is 31.2 Å². The fraction of sp³-hybridized carbons (Fsp3) is 0.286. The minimum atomic E-state index is -0.903. The number of hydrogen-bond donors (Lipinski definition) is 0. The van der Waals surface area contributed by atoms with Crippen LogP contribution in [0.1, 0.15) is 39.5 Å². The van der Waals surface area contributed by atoms with Crippen LogP contribution in [0.4, 0.5) is 0 Å². The SMILES string of the molecule is C[C@@H]1OC2COC(c3ccccc3)O[C@@H]2C(OC(=O)c2ccccc2)C1OC(=O)c1ccccc1. The average Bonchev–Trinajstić information content (AvgIpc) is 2.91. The van der Waals surface area contributed by atoms with Crippen LogP contribution < -0.4 is 0 Å². The summed E-state index contributed by atoms with van der Waals surface area (Å²) in [5.41, 5.74) is 1.61. The molecule has 7 nitrogen and oxygen atoms in total. The van der Waals surface area contributed by atoms with Crippen LogP contribution in [0, 0.1) is 0 Å². The molecule has 0 aromatic heterocycles. The van der Waals surface area contributed by atoms with Gasteiger partial charge in [-0.25, -0.2) is 9.59 Å². The number of benzene rings is 3. The van der Waals surface area contributed by atoms with Gasteiger partial charge in [0.2, 0.25) is 0 Å². The largest absolute Gasteiger partial charge is 0.452 e. The van der Waals surface area contributed by atoms with E-state index in [9.17, 15) is 9.59 Å². The molecule has 35 heavy (non-hydrogen) atoms. The summed E-state index contributed by atoms with van der Waals surface area (Å²) in [4.78, 5) is 26.0. The molecule has 0 spiro atoms. The summed E-state index contributed by atoms with van der Waals surface area (Å²) >= 11 is 0. The molecule has 0 bridgehead atoms. The fourth-order valence-electron chi connectivity index (χ4n) is 4.37. The molecule has 7 heteroatoms. The van der Waals surface area contributed by atoms with Gasteiger partial charge in [0.15, 0.2) is 18.5 Å². The molecule has 2 fully saturated rings. The van der Waals surface area contributed by atoms with E-state index in [2.05, 4.69) is 0 Å². The van der Waals surface area contributed by atoms with E-state index < -0.39 is 48.7 Å². The van der Waals surface area contributed by atoms with Crippen molar-refractivity contribution < 1.29 is 33.3 Å². The zero-order valence-electron chi connectivity index (χ0n) is 19.2. The van der Waals surface area contributed by atoms with Crippen molar-refractivity contribution in [3.05, 3.63) is 108 Å². The number of esters is 2. The molecule has 0 radical (unpaired) electrons. The third-order valence-electron chi connectivity index (χ3n) is 6.14. The van der Waals surface area contributed by atoms with Gasteiger partial charge in [-0.3, -0.25) is 0 Å². The summed E-state index contributed by atoms with van der Waals surface area (Å²) in [6, 6.07) is 26.8. The summed E-state index contributed by atoms with van der Waals surface area (Å²) in [7, 11) is 0. The van der Waals surface area contributed by atoms with E-state index in [1.807, 2.05) is 42.5 Å². The summed E-state index contributed by atoms with van der Waals surface area (Å²) in [5.74, 6) is -1.06. The van der Waals surface area contributed by atoms with Gasteiger partial charge in [-0.1, -0.05) is 66.7 Å². The third-order valence-corrected chi connectivity index (χ3v) is 6.14. The maximum Gasteiger partial charge on any atom is 0.338 e. The van der Waals surface area contributed by atoms with Crippen LogP contribution in [-0.4, -0.2) is 49.1 Å². The van der Waals surface area contributed by atoms with E-state index in [-0.39, 0.29) is 6.61 Å². The molecule has 6 atom stereocenters. The molecule has 3 aromatic rings. The Labute approximate surface area is 203 Å². The Morgan fingerprint density at radius 2 is 1.23 bits per heavy atom. The van der Waals surface area contributed by atoms with Gasteiger partial charge < -0.3 is 23.7 Å². The van der Waals surface area contributed by atoms with E-state index in [0.717, 1.165) is 5.56 Å². The van der Waals surface area contributed by atoms with Gasteiger partial charge in [0.05, 0.1) is 23.8 Å². The second-order valence-corrected chi connectivity index (χ2v) is 8.53. The van der Waals surface area contributed by atoms with E-state index in [0.29, 0.717) is 11.1 Å². The highest BCUT2D eigenvalue weighted by molar-refractivity contribution is 5.90. The maximum absolute atomic E-state index is 13.1. The highest BCUT2D eigenvalue weighted by atomic mass is 16.7. The van der Waals surface area contributed by atoms with Gasteiger partial charge in [0, 0.05) is 5.56 Å². The zero-order valence-corrected chi connectivity index (χ0v) is 19.2. The van der Waals surface area contributed by atoms with Crippen molar-refractivity contribution in [2.75, 3.05) is 6.61 Å². The number of carbonyl (C=O) groups excluding carboxylic acids is 2. The molecule has 2 aliphatic rings. The van der Waals surface area contributed by atoms with Crippen molar-refractivity contribution in [2.24, 2.45) is 0 Å². The smallest absolute Gasteiger partial charge is 0.338 e. The van der Waals surface area contributed by atoms with Gasteiger partial charge in [-0.15, -0.1) is 0 Å². The number of hydrogen-bond acceptors (Lipinski definition) is 7. The lowest BCUT2D eigenvalue weighted by atomic mass is 9.94. The van der Waals surface area contributed by atoms with Crippen LogP contribution in [0.15, 0.2) is 91.0 Å². The molecule has 3 aromatic carbocycles. The van der Waals surface area contributed by atoms with Gasteiger partial charge in [0.1, 0.15) is 12.2 Å². The molecule has 0 saturated carbocycles. The lowest BCUT2D eigenvalue weighted by Crippen LogP contribution is -2.63. The van der Waals surface area contributed by atoms with Crippen LogP contribution in [0.25, 0.3) is 0 Å². The predicted molar refractivity (Wildman–Crippen MR) is 126 cm³/mol. The number of fused-ring (bicyclic) bond motifs is 1. The monoisotopic (exact) mass is 474 g/mol. The first kappa shape index (κ1) is 23.2. The molecule has 5 rings (SSSR count). The number of rotatable bonds is 5. The van der Waals surface area contributed by atoms with Crippen LogP contribution in [0.5, 0.6) is 0 Å². The Bertz CT molecular complexity index is 1140. The molecule has 2 heterocycles. The summed E-state index contributed by atoms with van der Waals surface area (Å²) in [6.07, 6.45) is -4.21. The van der Waals surface area contributed by atoms with Crippen molar-refractivity contribution in [3.8, 4) is 0 Å². The highest BCUT2D eigenvalue weighted by Gasteiger charge is 2.52. The summed E-state index contributed by atoms with van der Waals surface area (Å²) in [6.45, 7) is 2.03. The topological polar surface area (TPSA) is 80.3 Å². The quantitative estimate of drug-likeness (QED) is 0.509. The van der Waals surface area contributed by atoms with Crippen molar-refractivity contribution in [1.29, 1.82) is 0 Å². The van der Waals surface area contributed by atoms with Crippen LogP contribution in [0.3, 0.4) is 0 Å². The Balaban J connectivity index is 1.43. The van der Waals surface area contributed by atoms with Gasteiger partial charge >= 0.3 is 11.9 Å². The standard InChI is InChI=1S/C28H26O7/c1-18-23(33-26(29)19-11-5-2-6-12-19)25(34-27(30)20-13-7-3-8-14-20)24-22(32-18)17-31-28(35-24)21-15-9-4-10-16-21/h2-16,18,22-25,28H,17H2,1H3/t18-,22?,23?,24-,25?,28?/m0/s1. The van der Waals surface area contributed by atoms with Crippen LogP contribution in [-0.2, 0) is 23.7 Å². The average molecular weight is 475 g/mol. The van der Waals surface area contributed by atoms with E-state index in [1.54, 1.807) is 55.5 Å². The van der Waals surface area contributed by atoms with Crippen molar-refractivity contribution in [1.82, 2.24) is 0 Å². The maximum atomic E-state index is 13.1. The molecule has 180 valence electrons. The normalized spacial score (nSPS) is 27.9. The first-order chi connectivity index (χ1) is 17.1. The minimum Gasteiger partial charge on any atom is -0.452 e. The number of ether oxygens (including phenoxy) is 5. The minimum absolute atomic E-state index is 0.243. The van der Waals surface area contributed by atoms with E-state index in [4.69, 9.17) is 23.7 Å². The second kappa shape index (κ2) is 10.4. The molecular weight excluding hydrogens is 448 g/mol. The molecule has 0 aliphatic carbocycles. The van der Waals surface area contributed by atoms with Crippen LogP contribution in [0.2, 0.25) is 0 Å². The van der Waals surface area contributed by atoms with Crippen molar-refractivity contribution >= 4 is 11.9 Å². The lowest BCUT2D eigenvalue weighted by Gasteiger charge is -2.47. The Hall–Kier alpha value is -3.52. The Kier molecular flexibility index (Phi) is 6.90. The zero-order chi connectivity index (χ0) is 24.2. The molecule has 0 N–H and O–H groups in total. The van der Waals surface area contributed by atoms with E-state index >= 15 is 0 Å². The predicted octanol–water partition coefficient (Wildman–Crippen LogP) is 4.34. The summed E-state index contributed by atoms with van der Waals surface area (Å²) < 4.78 is 30.1. The third kappa shape index (κ3) is 5.12. The molecule has 0 amide bonds. The molecular formula is C28H26O7. The van der Waals surface area contributed by atoms with Crippen molar-refractivity contribution in [2.45, 2.75) is 43.7 Å². The highest BCUT2D eigenvalue weighted by Crippen LogP contribution is 2.36. The molecule has 2 aliphatic heterocycles. The van der Waals surface area contributed by atoms with Gasteiger partial charge in [-0.2, -0.15) is 0 Å². The lowest BCUT2D eigenvalue weighted by molar-refractivity contribution is -0.325. The fourth-order valence-corrected chi connectivity index (χ4v) is 4.37. The first-order valence-electron chi connectivity index (χ1n) is 11.6. The van der Waals surface area contributed by atoms with Crippen LogP contribution >= 0.6 is 0 Å². The first-order valence-corrected chi connectivity index (χ1v) is 11.6.